The molecule has 0 aromatic heterocycles. The summed E-state index contributed by atoms with van der Waals surface area (Å²) in [7, 11) is 1.23. The van der Waals surface area contributed by atoms with E-state index in [1.54, 1.807) is 43.3 Å². The predicted molar refractivity (Wildman–Crippen MR) is 128 cm³/mol. The van der Waals surface area contributed by atoms with Crippen LogP contribution in [-0.4, -0.2) is 54.8 Å². The molecule has 1 aliphatic heterocycles. The summed E-state index contributed by atoms with van der Waals surface area (Å²) in [4.78, 5) is 49.8. The first-order valence-corrected chi connectivity index (χ1v) is 11.3. The molecule has 3 amide bonds. The summed E-state index contributed by atoms with van der Waals surface area (Å²) in [5.41, 5.74) is 1.03. The Kier molecular flexibility index (Phi) is 8.55. The van der Waals surface area contributed by atoms with Gasteiger partial charge in [0.2, 0.25) is 5.91 Å². The Hall–Kier alpha value is -3.50. The lowest BCUT2D eigenvalue weighted by molar-refractivity contribution is -0.143. The second kappa shape index (κ2) is 11.6. The molecule has 2 aromatic rings. The highest BCUT2D eigenvalue weighted by molar-refractivity contribution is 8.18. The Morgan fingerprint density at radius 1 is 1.15 bits per heavy atom. The predicted octanol–water partition coefficient (Wildman–Crippen LogP) is 3.97. The number of amides is 3. The van der Waals surface area contributed by atoms with Gasteiger partial charge in [-0.15, -0.1) is 0 Å². The summed E-state index contributed by atoms with van der Waals surface area (Å²) in [6.45, 7) is 1.28. The number of thioether (sulfide) groups is 1. The lowest BCUT2D eigenvalue weighted by Crippen LogP contribution is -2.36. The van der Waals surface area contributed by atoms with Crippen LogP contribution in [0, 0.1) is 0 Å². The van der Waals surface area contributed by atoms with Gasteiger partial charge in [-0.05, 0) is 54.6 Å². The molecule has 9 nitrogen and oxygen atoms in total. The first-order valence-electron chi connectivity index (χ1n) is 10.1. The Bertz CT molecular complexity index is 1140. The molecule has 0 atom stereocenters. The highest BCUT2D eigenvalue weighted by Crippen LogP contribution is 2.39. The minimum Gasteiger partial charge on any atom is -0.490 e. The summed E-state index contributed by atoms with van der Waals surface area (Å²) < 4.78 is 15.5. The van der Waals surface area contributed by atoms with E-state index in [9.17, 15) is 19.2 Å². The monoisotopic (exact) mass is 504 g/mol. The molecule has 0 saturated carbocycles. The third-order valence-corrected chi connectivity index (χ3v) is 5.61. The molecule has 0 aliphatic carbocycles. The number of hydrogen-bond acceptors (Lipinski definition) is 8. The SMILES string of the molecule is CCOc1cc(/C=C2\SC(=O)N(CC(=O)Nc3ccccc3)C2=O)cc(Cl)c1OCC(=O)OC. The molecule has 11 heteroatoms. The minimum absolute atomic E-state index is 0.124. The number of ether oxygens (including phenoxy) is 3. The highest BCUT2D eigenvalue weighted by atomic mass is 35.5. The maximum atomic E-state index is 12.8. The number of para-hydroxylation sites is 1. The summed E-state index contributed by atoms with van der Waals surface area (Å²) in [5.74, 6) is -1.28. The van der Waals surface area contributed by atoms with Crippen LogP contribution in [0.25, 0.3) is 6.08 Å². The number of methoxy groups -OCH3 is 1. The van der Waals surface area contributed by atoms with E-state index in [0.29, 0.717) is 29.6 Å². The van der Waals surface area contributed by atoms with E-state index in [4.69, 9.17) is 21.1 Å². The molecule has 2 aromatic carbocycles. The van der Waals surface area contributed by atoms with E-state index in [0.717, 1.165) is 4.90 Å². The first-order chi connectivity index (χ1) is 16.3. The zero-order valence-electron chi connectivity index (χ0n) is 18.3. The van der Waals surface area contributed by atoms with Crippen molar-refractivity contribution < 1.29 is 33.4 Å². The van der Waals surface area contributed by atoms with E-state index in [1.165, 1.54) is 19.3 Å². The Labute approximate surface area is 205 Å². The molecule has 1 aliphatic rings. The van der Waals surface area contributed by atoms with Crippen molar-refractivity contribution in [2.75, 3.05) is 32.2 Å². The molecule has 1 saturated heterocycles. The van der Waals surface area contributed by atoms with Crippen molar-refractivity contribution in [3.8, 4) is 11.5 Å². The number of esters is 1. The number of rotatable bonds is 9. The molecular formula is C23H21ClN2O7S. The number of anilines is 1. The molecule has 0 spiro atoms. The molecule has 0 unspecified atom stereocenters. The standard InChI is InChI=1S/C23H21ClN2O7S/c1-3-32-17-10-14(9-16(24)21(17)33-13-20(28)31-2)11-18-22(29)26(23(30)34-18)12-19(27)25-15-7-5-4-6-8-15/h4-11H,3,12-13H2,1-2H3,(H,25,27)/b18-11-. The van der Waals surface area contributed by atoms with Crippen LogP contribution in [0.5, 0.6) is 11.5 Å². The van der Waals surface area contributed by atoms with Crippen molar-refractivity contribution in [3.05, 3.63) is 58.0 Å². The summed E-state index contributed by atoms with van der Waals surface area (Å²) >= 11 is 7.03. The zero-order valence-corrected chi connectivity index (χ0v) is 19.9. The van der Waals surface area contributed by atoms with Crippen LogP contribution in [0.3, 0.4) is 0 Å². The van der Waals surface area contributed by atoms with Gasteiger partial charge in [-0.3, -0.25) is 19.3 Å². The average molecular weight is 505 g/mol. The summed E-state index contributed by atoms with van der Waals surface area (Å²) in [6.07, 6.45) is 1.47. The fourth-order valence-electron chi connectivity index (χ4n) is 2.92. The molecule has 34 heavy (non-hydrogen) atoms. The molecule has 0 bridgehead atoms. The first kappa shape index (κ1) is 25.1. The number of hydrogen-bond donors (Lipinski definition) is 1. The summed E-state index contributed by atoms with van der Waals surface area (Å²) in [6, 6.07) is 11.8. The highest BCUT2D eigenvalue weighted by Gasteiger charge is 2.36. The molecule has 1 heterocycles. The number of imide groups is 1. The van der Waals surface area contributed by atoms with Gasteiger partial charge < -0.3 is 19.5 Å². The molecule has 1 fully saturated rings. The van der Waals surface area contributed by atoms with E-state index in [2.05, 4.69) is 10.1 Å². The van der Waals surface area contributed by atoms with Gasteiger partial charge >= 0.3 is 5.97 Å². The number of nitrogens with zero attached hydrogens (tertiary/aromatic N) is 1. The molecule has 178 valence electrons. The van der Waals surface area contributed by atoms with E-state index in [1.807, 2.05) is 0 Å². The Balaban J connectivity index is 1.76. The van der Waals surface area contributed by atoms with E-state index in [-0.39, 0.29) is 28.0 Å². The number of carbonyl (C=O) groups excluding carboxylic acids is 4. The van der Waals surface area contributed by atoms with Crippen molar-refractivity contribution in [1.82, 2.24) is 4.90 Å². The minimum atomic E-state index is -0.599. The van der Waals surface area contributed by atoms with Gasteiger partial charge in [0, 0.05) is 5.69 Å². The lowest BCUT2D eigenvalue weighted by atomic mass is 10.1. The topological polar surface area (TPSA) is 111 Å². The average Bonchev–Trinajstić information content (AvgIpc) is 3.06. The Morgan fingerprint density at radius 3 is 2.56 bits per heavy atom. The van der Waals surface area contributed by atoms with Crippen molar-refractivity contribution in [2.45, 2.75) is 6.92 Å². The van der Waals surface area contributed by atoms with Crippen LogP contribution in [0.15, 0.2) is 47.4 Å². The van der Waals surface area contributed by atoms with Crippen molar-refractivity contribution in [2.24, 2.45) is 0 Å². The number of nitrogens with one attached hydrogen (secondary N) is 1. The fraction of sp³-hybridized carbons (Fsp3) is 0.217. The molecule has 1 N–H and O–H groups in total. The van der Waals surface area contributed by atoms with Gasteiger partial charge in [-0.25, -0.2) is 4.79 Å². The maximum Gasteiger partial charge on any atom is 0.343 e. The van der Waals surface area contributed by atoms with Gasteiger partial charge in [-0.1, -0.05) is 29.8 Å². The third kappa shape index (κ3) is 6.30. The normalized spacial score (nSPS) is 14.3. The van der Waals surface area contributed by atoms with Crippen LogP contribution in [0.2, 0.25) is 5.02 Å². The van der Waals surface area contributed by atoms with E-state index >= 15 is 0 Å². The van der Waals surface area contributed by atoms with Gasteiger partial charge in [0.1, 0.15) is 6.54 Å². The summed E-state index contributed by atoms with van der Waals surface area (Å²) in [5, 5.41) is 2.22. The van der Waals surface area contributed by atoms with Gasteiger partial charge in [-0.2, -0.15) is 0 Å². The molecule has 3 rings (SSSR count). The van der Waals surface area contributed by atoms with Crippen LogP contribution in [0.4, 0.5) is 10.5 Å². The van der Waals surface area contributed by atoms with Gasteiger partial charge in [0.25, 0.3) is 11.1 Å². The maximum absolute atomic E-state index is 12.8. The molecule has 0 radical (unpaired) electrons. The second-order valence-corrected chi connectivity index (χ2v) is 8.21. The fourth-order valence-corrected chi connectivity index (χ4v) is 4.03. The van der Waals surface area contributed by atoms with Crippen LogP contribution in [0.1, 0.15) is 12.5 Å². The van der Waals surface area contributed by atoms with Crippen molar-refractivity contribution >= 4 is 58.1 Å². The number of halogens is 1. The lowest BCUT2D eigenvalue weighted by Gasteiger charge is -2.14. The molecular weight excluding hydrogens is 484 g/mol. The third-order valence-electron chi connectivity index (χ3n) is 4.42. The Morgan fingerprint density at radius 2 is 1.88 bits per heavy atom. The second-order valence-electron chi connectivity index (χ2n) is 6.81. The largest absolute Gasteiger partial charge is 0.490 e. The smallest absolute Gasteiger partial charge is 0.343 e. The van der Waals surface area contributed by atoms with E-state index < -0.39 is 29.6 Å². The van der Waals surface area contributed by atoms with Crippen LogP contribution < -0.4 is 14.8 Å². The quantitative estimate of drug-likeness (QED) is 0.403. The zero-order chi connectivity index (χ0) is 24.7. The van der Waals surface area contributed by atoms with Crippen molar-refractivity contribution in [1.29, 1.82) is 0 Å². The van der Waals surface area contributed by atoms with Crippen LogP contribution >= 0.6 is 23.4 Å². The van der Waals surface area contributed by atoms with Gasteiger partial charge in [0.05, 0.1) is 23.6 Å². The number of carbonyl (C=O) groups is 4. The number of benzene rings is 2. The van der Waals surface area contributed by atoms with Crippen LogP contribution in [-0.2, 0) is 19.1 Å². The van der Waals surface area contributed by atoms with Gasteiger partial charge in [0.15, 0.2) is 18.1 Å². The van der Waals surface area contributed by atoms with Crippen molar-refractivity contribution in [3.63, 3.8) is 0 Å².